The molecule has 1 aromatic rings. The van der Waals surface area contributed by atoms with Crippen molar-refractivity contribution in [2.75, 3.05) is 0 Å². The lowest BCUT2D eigenvalue weighted by molar-refractivity contribution is 0.0949. The van der Waals surface area contributed by atoms with Gasteiger partial charge in [-0.15, -0.1) is 6.58 Å². The predicted molar refractivity (Wildman–Crippen MR) is 66.0 cm³/mol. The van der Waals surface area contributed by atoms with Gasteiger partial charge in [-0.2, -0.15) is 0 Å². The monoisotopic (exact) mass is 228 g/mol. The zero-order valence-electron chi connectivity index (χ0n) is 10.0. The van der Waals surface area contributed by atoms with Crippen LogP contribution in [-0.2, 0) is 10.3 Å². The maximum absolute atomic E-state index is 12.0. The van der Waals surface area contributed by atoms with Crippen molar-refractivity contribution in [3.63, 3.8) is 0 Å². The first kappa shape index (κ1) is 10.7. The summed E-state index contributed by atoms with van der Waals surface area (Å²) in [5.41, 5.74) is 2.86. The number of hydrogen-bond acceptors (Lipinski definition) is 2. The second kappa shape index (κ2) is 3.54. The third-order valence-corrected chi connectivity index (χ3v) is 3.73. The highest BCUT2D eigenvalue weighted by atomic mass is 16.6. The van der Waals surface area contributed by atoms with Gasteiger partial charge >= 0.3 is 0 Å². The summed E-state index contributed by atoms with van der Waals surface area (Å²) in [5, 5.41) is 0. The second-order valence-electron chi connectivity index (χ2n) is 5.11. The van der Waals surface area contributed by atoms with Gasteiger partial charge in [0.1, 0.15) is 5.60 Å². The van der Waals surface area contributed by atoms with Crippen molar-refractivity contribution < 1.29 is 9.53 Å². The molecule has 0 N–H and O–H groups in total. The van der Waals surface area contributed by atoms with Gasteiger partial charge < -0.3 is 4.74 Å². The summed E-state index contributed by atoms with van der Waals surface area (Å²) >= 11 is 0. The number of fused-ring (bicyclic) bond motifs is 3. The van der Waals surface area contributed by atoms with E-state index >= 15 is 0 Å². The van der Waals surface area contributed by atoms with Crippen LogP contribution < -0.4 is 0 Å². The average molecular weight is 228 g/mol. The van der Waals surface area contributed by atoms with Crippen molar-refractivity contribution in [3.8, 4) is 0 Å². The van der Waals surface area contributed by atoms with Gasteiger partial charge in [0.05, 0.1) is 0 Å². The van der Waals surface area contributed by atoms with Gasteiger partial charge in [-0.25, -0.2) is 0 Å². The number of rotatable bonds is 4. The van der Waals surface area contributed by atoms with Crippen LogP contribution in [0.25, 0.3) is 0 Å². The van der Waals surface area contributed by atoms with Crippen LogP contribution in [-0.4, -0.2) is 11.9 Å². The molecule has 0 radical (unpaired) electrons. The van der Waals surface area contributed by atoms with Crippen molar-refractivity contribution in [2.24, 2.45) is 0 Å². The summed E-state index contributed by atoms with van der Waals surface area (Å²) in [6.07, 6.45) is 2.76. The van der Waals surface area contributed by atoms with E-state index in [-0.39, 0.29) is 17.5 Å². The molecule has 0 spiro atoms. The summed E-state index contributed by atoms with van der Waals surface area (Å²) in [6.45, 7) is 5.95. The van der Waals surface area contributed by atoms with E-state index in [1.807, 2.05) is 31.2 Å². The normalized spacial score (nSPS) is 28.8. The smallest absolute Gasteiger partial charge is 0.195 e. The molecule has 1 aromatic carbocycles. The Bertz CT molecular complexity index is 503. The molecule has 2 nitrogen and oxygen atoms in total. The maximum Gasteiger partial charge on any atom is 0.195 e. The van der Waals surface area contributed by atoms with Crippen molar-refractivity contribution in [3.05, 3.63) is 47.5 Å². The molecule has 17 heavy (non-hydrogen) atoms. The number of Topliss-reactive ketones (excluding diaryl/α,β-unsaturated/α-hetero) is 1. The van der Waals surface area contributed by atoms with Gasteiger partial charge in [0.2, 0.25) is 0 Å². The highest BCUT2D eigenvalue weighted by molar-refractivity contribution is 6.07. The number of ether oxygens (including phenoxy) is 1. The van der Waals surface area contributed by atoms with Gasteiger partial charge in [-0.1, -0.05) is 29.8 Å². The van der Waals surface area contributed by atoms with Crippen LogP contribution in [0.4, 0.5) is 0 Å². The fraction of sp³-hybridized carbons (Fsp3) is 0.400. The molecule has 2 aliphatic rings. The molecule has 2 atom stereocenters. The molecular formula is C15H16O2. The van der Waals surface area contributed by atoms with E-state index in [9.17, 15) is 4.79 Å². The zero-order valence-corrected chi connectivity index (χ0v) is 10.0. The quantitative estimate of drug-likeness (QED) is 0.585. The second-order valence-corrected chi connectivity index (χ2v) is 5.11. The van der Waals surface area contributed by atoms with Crippen LogP contribution in [0.3, 0.4) is 0 Å². The van der Waals surface area contributed by atoms with Crippen molar-refractivity contribution in [1.82, 2.24) is 0 Å². The Morgan fingerprint density at radius 3 is 3.00 bits per heavy atom. The van der Waals surface area contributed by atoms with Gasteiger partial charge in [0.15, 0.2) is 11.9 Å². The summed E-state index contributed by atoms with van der Waals surface area (Å²) in [5.74, 6) is 0.163. The Hall–Kier alpha value is -1.41. The zero-order chi connectivity index (χ0) is 12.0. The van der Waals surface area contributed by atoms with Crippen LogP contribution in [0, 0.1) is 0 Å². The molecule has 1 heterocycles. The highest BCUT2D eigenvalue weighted by Crippen LogP contribution is 2.57. The summed E-state index contributed by atoms with van der Waals surface area (Å²) in [4.78, 5) is 12.0. The predicted octanol–water partition coefficient (Wildman–Crippen LogP) is 3.22. The third-order valence-electron chi connectivity index (χ3n) is 3.73. The van der Waals surface area contributed by atoms with Crippen LogP contribution >= 0.6 is 0 Å². The van der Waals surface area contributed by atoms with E-state index in [1.54, 1.807) is 0 Å². The molecule has 0 saturated carbocycles. The topological polar surface area (TPSA) is 29.6 Å². The molecular weight excluding hydrogens is 212 g/mol. The molecule has 2 heteroatoms. The van der Waals surface area contributed by atoms with Crippen LogP contribution in [0.2, 0.25) is 0 Å². The van der Waals surface area contributed by atoms with Gasteiger partial charge in [0, 0.05) is 5.56 Å². The molecule has 1 saturated heterocycles. The maximum atomic E-state index is 12.0. The van der Waals surface area contributed by atoms with Gasteiger partial charge in [0.25, 0.3) is 0 Å². The Labute approximate surface area is 101 Å². The average Bonchev–Trinajstić information content (AvgIpc) is 2.98. The van der Waals surface area contributed by atoms with E-state index in [1.165, 1.54) is 5.57 Å². The van der Waals surface area contributed by atoms with E-state index in [0.717, 1.165) is 30.4 Å². The SMILES string of the molecule is C=C(C)CCCC12OC1C(=O)c1ccccc12. The molecule has 1 aliphatic heterocycles. The minimum absolute atomic E-state index is 0.163. The Morgan fingerprint density at radius 1 is 1.47 bits per heavy atom. The van der Waals surface area contributed by atoms with Crippen molar-refractivity contribution in [2.45, 2.75) is 37.9 Å². The molecule has 88 valence electrons. The number of benzene rings is 1. The molecule has 0 amide bonds. The molecule has 3 rings (SSSR count). The van der Waals surface area contributed by atoms with E-state index in [4.69, 9.17) is 4.74 Å². The van der Waals surface area contributed by atoms with E-state index in [0.29, 0.717) is 0 Å². The summed E-state index contributed by atoms with van der Waals surface area (Å²) in [6, 6.07) is 7.84. The highest BCUT2D eigenvalue weighted by Gasteiger charge is 2.66. The number of epoxide rings is 1. The summed E-state index contributed by atoms with van der Waals surface area (Å²) < 4.78 is 5.68. The molecule has 0 aromatic heterocycles. The number of hydrogen-bond donors (Lipinski definition) is 0. The fourth-order valence-corrected chi connectivity index (χ4v) is 2.83. The lowest BCUT2D eigenvalue weighted by atomic mass is 9.93. The molecule has 0 bridgehead atoms. The standard InChI is InChI=1S/C15H16O2/c1-10(2)6-5-9-15-12-8-4-3-7-11(12)13(16)14(15)17-15/h3-4,7-8,14H,1,5-6,9H2,2H3. The number of carbonyl (C=O) groups excluding carboxylic acids is 1. The molecule has 2 unspecified atom stereocenters. The lowest BCUT2D eigenvalue weighted by Gasteiger charge is -2.11. The van der Waals surface area contributed by atoms with Gasteiger partial charge in [-0.3, -0.25) is 4.79 Å². The molecule has 1 fully saturated rings. The Kier molecular flexibility index (Phi) is 2.23. The first-order chi connectivity index (χ1) is 8.15. The van der Waals surface area contributed by atoms with E-state index < -0.39 is 0 Å². The minimum Gasteiger partial charge on any atom is -0.352 e. The fourth-order valence-electron chi connectivity index (χ4n) is 2.83. The number of carbonyl (C=O) groups is 1. The molecule has 1 aliphatic carbocycles. The first-order valence-corrected chi connectivity index (χ1v) is 6.11. The van der Waals surface area contributed by atoms with Crippen LogP contribution in [0.1, 0.15) is 42.1 Å². The summed E-state index contributed by atoms with van der Waals surface area (Å²) in [7, 11) is 0. The van der Waals surface area contributed by atoms with E-state index in [2.05, 4.69) is 6.58 Å². The van der Waals surface area contributed by atoms with Crippen LogP contribution in [0.15, 0.2) is 36.4 Å². The van der Waals surface area contributed by atoms with Crippen molar-refractivity contribution in [1.29, 1.82) is 0 Å². The van der Waals surface area contributed by atoms with Crippen LogP contribution in [0.5, 0.6) is 0 Å². The van der Waals surface area contributed by atoms with Crippen molar-refractivity contribution >= 4 is 5.78 Å². The number of ketones is 1. The number of allylic oxidation sites excluding steroid dienone is 1. The Morgan fingerprint density at radius 2 is 2.24 bits per heavy atom. The Balaban J connectivity index is 1.82. The first-order valence-electron chi connectivity index (χ1n) is 6.11. The minimum atomic E-state index is -0.289. The van der Waals surface area contributed by atoms with Gasteiger partial charge in [-0.05, 0) is 31.7 Å². The largest absolute Gasteiger partial charge is 0.352 e. The lowest BCUT2D eigenvalue weighted by Crippen LogP contribution is -2.09. The third kappa shape index (κ3) is 1.48.